The Morgan fingerprint density at radius 2 is 1.70 bits per heavy atom. The molecule has 1 N–H and O–H groups in total. The summed E-state index contributed by atoms with van der Waals surface area (Å²) in [5, 5.41) is 13.3. The summed E-state index contributed by atoms with van der Waals surface area (Å²) < 4.78 is 10.5. The van der Waals surface area contributed by atoms with Gasteiger partial charge in [-0.15, -0.1) is 0 Å². The Bertz CT molecular complexity index is 704. The fraction of sp³-hybridized carbons (Fsp3) is 0.588. The van der Waals surface area contributed by atoms with Gasteiger partial charge in [-0.2, -0.15) is 4.90 Å². The maximum Gasteiger partial charge on any atom is 0.425 e. The fourth-order valence-corrected chi connectivity index (χ4v) is 1.83. The van der Waals surface area contributed by atoms with Gasteiger partial charge in [-0.1, -0.05) is 11.2 Å². The van der Waals surface area contributed by atoms with Gasteiger partial charge >= 0.3 is 12.2 Å². The molecule has 1 atom stereocenters. The van der Waals surface area contributed by atoms with E-state index >= 15 is 0 Å². The van der Waals surface area contributed by atoms with Gasteiger partial charge in [0.25, 0.3) is 0 Å². The van der Waals surface area contributed by atoms with Crippen molar-refractivity contribution >= 4 is 18.0 Å². The number of pyridine rings is 1. The molecule has 0 radical (unpaired) electrons. The van der Waals surface area contributed by atoms with Crippen molar-refractivity contribution in [2.75, 3.05) is 11.4 Å². The maximum absolute atomic E-state index is 12.6. The van der Waals surface area contributed by atoms with Gasteiger partial charge in [0.1, 0.15) is 23.1 Å². The SMILES string of the molecule is CC(C)(C)OC(=O)N(C(=O)OC(C)(C)C)c1cccc([C@@H](O)CN=[N+]=[N-])n1. The van der Waals surface area contributed by atoms with Gasteiger partial charge in [-0.3, -0.25) is 0 Å². The van der Waals surface area contributed by atoms with Crippen LogP contribution in [0, 0.1) is 0 Å². The Balaban J connectivity index is 3.27. The predicted octanol–water partition coefficient (Wildman–Crippen LogP) is 4.10. The van der Waals surface area contributed by atoms with Crippen molar-refractivity contribution in [1.29, 1.82) is 0 Å². The number of carbonyl (C=O) groups excluding carboxylic acids is 2. The Kier molecular flexibility index (Phi) is 7.15. The van der Waals surface area contributed by atoms with Gasteiger partial charge in [-0.05, 0) is 59.2 Å². The topological polar surface area (TPSA) is 138 Å². The molecule has 0 aliphatic heterocycles. The predicted molar refractivity (Wildman–Crippen MR) is 98.2 cm³/mol. The van der Waals surface area contributed by atoms with E-state index in [2.05, 4.69) is 15.0 Å². The molecule has 0 saturated heterocycles. The molecule has 148 valence electrons. The van der Waals surface area contributed by atoms with Crippen LogP contribution in [0.1, 0.15) is 53.3 Å². The zero-order valence-electron chi connectivity index (χ0n) is 16.3. The first kappa shape index (κ1) is 22.2. The number of amides is 2. The third-order valence-corrected chi connectivity index (χ3v) is 2.80. The van der Waals surface area contributed by atoms with Crippen molar-refractivity contribution in [3.05, 3.63) is 34.3 Å². The molecule has 0 bridgehead atoms. The van der Waals surface area contributed by atoms with Crippen molar-refractivity contribution in [2.45, 2.75) is 58.8 Å². The molecule has 10 heteroatoms. The molecule has 0 unspecified atom stereocenters. The van der Waals surface area contributed by atoms with E-state index < -0.39 is 29.5 Å². The minimum atomic E-state index is -1.19. The summed E-state index contributed by atoms with van der Waals surface area (Å²) in [4.78, 5) is 32.5. The normalized spacial score (nSPS) is 12.6. The molecule has 0 spiro atoms. The van der Waals surface area contributed by atoms with Crippen molar-refractivity contribution in [1.82, 2.24) is 4.98 Å². The zero-order chi connectivity index (χ0) is 20.8. The first-order chi connectivity index (χ1) is 12.3. The maximum atomic E-state index is 12.6. The molecule has 27 heavy (non-hydrogen) atoms. The summed E-state index contributed by atoms with van der Waals surface area (Å²) in [6, 6.07) is 4.37. The van der Waals surface area contributed by atoms with E-state index in [0.29, 0.717) is 4.90 Å². The van der Waals surface area contributed by atoms with Gasteiger partial charge in [0, 0.05) is 4.91 Å². The smallest absolute Gasteiger partial charge is 0.425 e. The van der Waals surface area contributed by atoms with Crippen LogP contribution in [0.2, 0.25) is 0 Å². The van der Waals surface area contributed by atoms with Crippen LogP contribution in [0.5, 0.6) is 0 Å². The first-order valence-electron chi connectivity index (χ1n) is 8.26. The van der Waals surface area contributed by atoms with E-state index in [1.807, 2.05) is 0 Å². The third-order valence-electron chi connectivity index (χ3n) is 2.80. The quantitative estimate of drug-likeness (QED) is 0.475. The van der Waals surface area contributed by atoms with Crippen molar-refractivity contribution in [3.63, 3.8) is 0 Å². The largest absolute Gasteiger partial charge is 0.443 e. The van der Waals surface area contributed by atoms with E-state index in [1.54, 1.807) is 41.5 Å². The molecule has 1 aromatic heterocycles. The Morgan fingerprint density at radius 3 is 2.15 bits per heavy atom. The highest BCUT2D eigenvalue weighted by Crippen LogP contribution is 2.22. The molecular formula is C17H25N5O5. The molecule has 0 saturated carbocycles. The number of aliphatic hydroxyl groups is 1. The van der Waals surface area contributed by atoms with E-state index in [0.717, 1.165) is 0 Å². The standard InChI is InChI=1S/C17H25N5O5/c1-16(2,3)26-14(24)22(15(25)27-17(4,5)6)13-9-7-8-11(20-13)12(23)10-19-21-18/h7-9,12,23H,10H2,1-6H3/t12-/m0/s1. The monoisotopic (exact) mass is 379 g/mol. The minimum absolute atomic E-state index is 0.0870. The third kappa shape index (κ3) is 7.51. The molecule has 0 aromatic carbocycles. The van der Waals surface area contributed by atoms with E-state index in [4.69, 9.17) is 15.0 Å². The molecule has 2 amide bonds. The van der Waals surface area contributed by atoms with Crippen LogP contribution in [-0.4, -0.2) is 40.0 Å². The molecule has 1 heterocycles. The molecule has 0 fully saturated rings. The van der Waals surface area contributed by atoms with Crippen molar-refractivity contribution in [3.8, 4) is 0 Å². The van der Waals surface area contributed by atoms with Gasteiger partial charge in [0.2, 0.25) is 0 Å². The highest BCUT2D eigenvalue weighted by Gasteiger charge is 2.33. The number of nitrogens with zero attached hydrogens (tertiary/aromatic N) is 5. The number of azide groups is 1. The molecule has 10 nitrogen and oxygen atoms in total. The molecule has 0 aliphatic carbocycles. The van der Waals surface area contributed by atoms with Gasteiger partial charge in [-0.25, -0.2) is 14.6 Å². The lowest BCUT2D eigenvalue weighted by molar-refractivity contribution is 0.0428. The number of carbonyl (C=O) groups is 2. The molecule has 1 rings (SSSR count). The lowest BCUT2D eigenvalue weighted by atomic mass is 10.2. The van der Waals surface area contributed by atoms with Crippen LogP contribution in [0.4, 0.5) is 15.4 Å². The van der Waals surface area contributed by atoms with Crippen LogP contribution in [0.15, 0.2) is 23.3 Å². The van der Waals surface area contributed by atoms with Crippen molar-refractivity contribution in [2.24, 2.45) is 5.11 Å². The number of hydrogen-bond donors (Lipinski definition) is 1. The molecular weight excluding hydrogens is 354 g/mol. The van der Waals surface area contributed by atoms with Crippen LogP contribution < -0.4 is 4.90 Å². The lowest BCUT2D eigenvalue weighted by Crippen LogP contribution is -2.44. The highest BCUT2D eigenvalue weighted by molar-refractivity contribution is 6.08. The molecule has 1 aromatic rings. The zero-order valence-corrected chi connectivity index (χ0v) is 16.3. The second-order valence-electron chi connectivity index (χ2n) is 7.65. The molecule has 0 aliphatic rings. The Labute approximate surface area is 157 Å². The average Bonchev–Trinajstić information content (AvgIpc) is 2.49. The average molecular weight is 379 g/mol. The number of aromatic nitrogens is 1. The fourth-order valence-electron chi connectivity index (χ4n) is 1.83. The summed E-state index contributed by atoms with van der Waals surface area (Å²) in [5.74, 6) is -0.0870. The number of hydrogen-bond acceptors (Lipinski definition) is 7. The van der Waals surface area contributed by atoms with Crippen LogP contribution in [-0.2, 0) is 9.47 Å². The number of anilines is 1. The number of imide groups is 1. The lowest BCUT2D eigenvalue weighted by Gasteiger charge is -2.28. The second-order valence-corrected chi connectivity index (χ2v) is 7.65. The number of rotatable bonds is 4. The Morgan fingerprint density at radius 1 is 1.19 bits per heavy atom. The summed E-state index contributed by atoms with van der Waals surface area (Å²) in [7, 11) is 0. The highest BCUT2D eigenvalue weighted by atomic mass is 16.6. The van der Waals surface area contributed by atoms with Crippen LogP contribution in [0.25, 0.3) is 10.4 Å². The summed E-state index contributed by atoms with van der Waals surface area (Å²) in [6.45, 7) is 9.71. The van der Waals surface area contributed by atoms with Gasteiger partial charge in [0.15, 0.2) is 0 Å². The minimum Gasteiger partial charge on any atom is -0.443 e. The van der Waals surface area contributed by atoms with E-state index in [1.165, 1.54) is 18.2 Å². The first-order valence-corrected chi connectivity index (χ1v) is 8.26. The van der Waals surface area contributed by atoms with E-state index in [9.17, 15) is 14.7 Å². The Hall–Kier alpha value is -2.84. The van der Waals surface area contributed by atoms with Crippen LogP contribution >= 0.6 is 0 Å². The van der Waals surface area contributed by atoms with Gasteiger partial charge in [0.05, 0.1) is 12.2 Å². The summed E-state index contributed by atoms with van der Waals surface area (Å²) >= 11 is 0. The number of aliphatic hydroxyl groups excluding tert-OH is 1. The van der Waals surface area contributed by atoms with E-state index in [-0.39, 0.29) is 18.1 Å². The van der Waals surface area contributed by atoms with Crippen molar-refractivity contribution < 1.29 is 24.2 Å². The summed E-state index contributed by atoms with van der Waals surface area (Å²) in [5.41, 5.74) is 6.78. The van der Waals surface area contributed by atoms with Crippen LogP contribution in [0.3, 0.4) is 0 Å². The van der Waals surface area contributed by atoms with Gasteiger partial charge < -0.3 is 14.6 Å². The summed E-state index contributed by atoms with van der Waals surface area (Å²) in [6.07, 6.45) is -3.13. The second kappa shape index (κ2) is 8.70. The number of ether oxygens (including phenoxy) is 2.